The van der Waals surface area contributed by atoms with Crippen molar-refractivity contribution >= 4 is 15.7 Å². The fourth-order valence-corrected chi connectivity index (χ4v) is 4.94. The molecule has 0 spiro atoms. The van der Waals surface area contributed by atoms with Crippen molar-refractivity contribution in [1.82, 2.24) is 4.90 Å². The highest BCUT2D eigenvalue weighted by Gasteiger charge is 2.46. The van der Waals surface area contributed by atoms with Crippen LogP contribution in [0.15, 0.2) is 0 Å². The van der Waals surface area contributed by atoms with Crippen molar-refractivity contribution in [2.24, 2.45) is 23.0 Å². The lowest BCUT2D eigenvalue weighted by Crippen LogP contribution is -2.52. The van der Waals surface area contributed by atoms with E-state index in [1.165, 1.54) is 0 Å². The number of hydrogen-bond acceptors (Lipinski definition) is 4. The molecular weight excluding hydrogens is 288 g/mol. The maximum atomic E-state index is 12.9. The number of carbonyl (C=O) groups is 1. The van der Waals surface area contributed by atoms with Crippen LogP contribution in [0.25, 0.3) is 0 Å². The topological polar surface area (TPSA) is 80.5 Å². The second-order valence-corrected chi connectivity index (χ2v) is 9.54. The average molecular weight is 316 g/mol. The van der Waals surface area contributed by atoms with Gasteiger partial charge in [0.15, 0.2) is 9.84 Å². The Bertz CT molecular complexity index is 501. The molecule has 1 aliphatic carbocycles. The molecule has 122 valence electrons. The maximum Gasteiger partial charge on any atom is 0.226 e. The van der Waals surface area contributed by atoms with Crippen LogP contribution >= 0.6 is 0 Å². The summed E-state index contributed by atoms with van der Waals surface area (Å²) in [6.07, 6.45) is 2.23. The van der Waals surface area contributed by atoms with Crippen molar-refractivity contribution in [2.75, 3.05) is 24.6 Å². The molecule has 0 aromatic rings. The largest absolute Gasteiger partial charge is 0.341 e. The minimum absolute atomic E-state index is 0.0481. The SMILES string of the molecule is CC1C(N)CCC(C(=O)N2CCCS(=O)(=O)CC2)C1(C)C. The molecule has 0 aromatic carbocycles. The van der Waals surface area contributed by atoms with Crippen molar-refractivity contribution in [1.29, 1.82) is 0 Å². The molecule has 21 heavy (non-hydrogen) atoms. The van der Waals surface area contributed by atoms with Crippen molar-refractivity contribution in [3.05, 3.63) is 0 Å². The monoisotopic (exact) mass is 316 g/mol. The Hall–Kier alpha value is -0.620. The van der Waals surface area contributed by atoms with E-state index in [0.717, 1.165) is 12.8 Å². The summed E-state index contributed by atoms with van der Waals surface area (Å²) in [5, 5.41) is 0. The summed E-state index contributed by atoms with van der Waals surface area (Å²) >= 11 is 0. The van der Waals surface area contributed by atoms with Crippen LogP contribution in [0.1, 0.15) is 40.0 Å². The van der Waals surface area contributed by atoms with Crippen molar-refractivity contribution < 1.29 is 13.2 Å². The molecule has 2 rings (SSSR count). The van der Waals surface area contributed by atoms with Gasteiger partial charge in [-0.25, -0.2) is 8.42 Å². The van der Waals surface area contributed by atoms with Gasteiger partial charge in [-0.1, -0.05) is 20.8 Å². The quantitative estimate of drug-likeness (QED) is 0.783. The predicted molar refractivity (Wildman–Crippen MR) is 83.5 cm³/mol. The second-order valence-electron chi connectivity index (χ2n) is 7.23. The third kappa shape index (κ3) is 3.42. The van der Waals surface area contributed by atoms with Gasteiger partial charge in [0.2, 0.25) is 5.91 Å². The Morgan fingerprint density at radius 2 is 1.86 bits per heavy atom. The molecule has 5 nitrogen and oxygen atoms in total. The zero-order chi connectivity index (χ0) is 15.8. The molecule has 2 N–H and O–H groups in total. The number of nitrogens with two attached hydrogens (primary N) is 1. The Labute approximate surface area is 128 Å². The van der Waals surface area contributed by atoms with Gasteiger partial charge in [0.05, 0.1) is 11.5 Å². The van der Waals surface area contributed by atoms with Crippen LogP contribution in [0.3, 0.4) is 0 Å². The van der Waals surface area contributed by atoms with E-state index in [9.17, 15) is 13.2 Å². The van der Waals surface area contributed by atoms with Gasteiger partial charge in [0.1, 0.15) is 0 Å². The average Bonchev–Trinajstić information content (AvgIpc) is 2.56. The molecule has 0 bridgehead atoms. The minimum atomic E-state index is -2.98. The van der Waals surface area contributed by atoms with Gasteiger partial charge in [0, 0.05) is 25.0 Å². The summed E-state index contributed by atoms with van der Waals surface area (Å²) in [7, 11) is -2.98. The molecule has 0 aromatic heterocycles. The Morgan fingerprint density at radius 3 is 2.52 bits per heavy atom. The fourth-order valence-electron chi connectivity index (χ4n) is 3.67. The zero-order valence-electron chi connectivity index (χ0n) is 13.3. The third-order valence-corrected chi connectivity index (χ3v) is 7.38. The standard InChI is InChI=1S/C15H28N2O3S/c1-11-13(16)6-5-12(15(11,2)3)14(18)17-7-4-9-21(19,20)10-8-17/h11-13H,4-10,16H2,1-3H3. The van der Waals surface area contributed by atoms with Gasteiger partial charge in [-0.05, 0) is 30.6 Å². The number of rotatable bonds is 1. The van der Waals surface area contributed by atoms with Gasteiger partial charge < -0.3 is 10.6 Å². The first-order chi connectivity index (χ1) is 9.65. The van der Waals surface area contributed by atoms with E-state index in [2.05, 4.69) is 20.8 Å². The molecule has 1 aliphatic heterocycles. The van der Waals surface area contributed by atoms with Crippen molar-refractivity contribution in [3.8, 4) is 0 Å². The fraction of sp³-hybridized carbons (Fsp3) is 0.933. The predicted octanol–water partition coefficient (Wildman–Crippen LogP) is 1.03. The van der Waals surface area contributed by atoms with Crippen LogP contribution in [-0.2, 0) is 14.6 Å². The molecule has 1 saturated carbocycles. The Balaban J connectivity index is 2.12. The van der Waals surface area contributed by atoms with Gasteiger partial charge in [0.25, 0.3) is 0 Å². The minimum Gasteiger partial charge on any atom is -0.341 e. The molecular formula is C15H28N2O3S. The first-order valence-electron chi connectivity index (χ1n) is 7.90. The van der Waals surface area contributed by atoms with Gasteiger partial charge in [-0.2, -0.15) is 0 Å². The van der Waals surface area contributed by atoms with E-state index in [4.69, 9.17) is 5.73 Å². The highest BCUT2D eigenvalue weighted by molar-refractivity contribution is 7.91. The van der Waals surface area contributed by atoms with E-state index in [1.807, 2.05) is 0 Å². The highest BCUT2D eigenvalue weighted by atomic mass is 32.2. The van der Waals surface area contributed by atoms with E-state index in [1.54, 1.807) is 4.90 Å². The van der Waals surface area contributed by atoms with E-state index in [-0.39, 0.29) is 40.7 Å². The van der Waals surface area contributed by atoms with Crippen LogP contribution < -0.4 is 5.73 Å². The first kappa shape index (κ1) is 16.7. The highest BCUT2D eigenvalue weighted by Crippen LogP contribution is 2.45. The van der Waals surface area contributed by atoms with Gasteiger partial charge >= 0.3 is 0 Å². The van der Waals surface area contributed by atoms with Crippen molar-refractivity contribution in [2.45, 2.75) is 46.1 Å². The number of hydrogen-bond donors (Lipinski definition) is 1. The lowest BCUT2D eigenvalue weighted by molar-refractivity contribution is -0.143. The molecule has 0 radical (unpaired) electrons. The smallest absolute Gasteiger partial charge is 0.226 e. The Kier molecular flexibility index (Phi) is 4.69. The molecule has 3 atom stereocenters. The molecule has 1 amide bonds. The molecule has 6 heteroatoms. The molecule has 2 fully saturated rings. The molecule has 2 aliphatic rings. The molecule has 3 unspecified atom stereocenters. The second kappa shape index (κ2) is 5.88. The maximum absolute atomic E-state index is 12.9. The van der Waals surface area contributed by atoms with Crippen LogP contribution in [0.2, 0.25) is 0 Å². The third-order valence-electron chi connectivity index (χ3n) is 5.67. The number of amides is 1. The summed E-state index contributed by atoms with van der Waals surface area (Å²) in [5.74, 6) is 0.660. The summed E-state index contributed by atoms with van der Waals surface area (Å²) in [6, 6.07) is 0.147. The number of carbonyl (C=O) groups excluding carboxylic acids is 1. The zero-order valence-corrected chi connectivity index (χ0v) is 14.2. The normalized spacial score (nSPS) is 36.0. The lowest BCUT2D eigenvalue weighted by Gasteiger charge is -2.47. The summed E-state index contributed by atoms with van der Waals surface area (Å²) in [5.41, 5.74) is 6.01. The molecule has 1 saturated heterocycles. The summed E-state index contributed by atoms with van der Waals surface area (Å²) < 4.78 is 23.4. The van der Waals surface area contributed by atoms with Crippen LogP contribution in [0.4, 0.5) is 0 Å². The van der Waals surface area contributed by atoms with Crippen LogP contribution in [-0.4, -0.2) is 49.9 Å². The van der Waals surface area contributed by atoms with Crippen LogP contribution in [0.5, 0.6) is 0 Å². The summed E-state index contributed by atoms with van der Waals surface area (Å²) in [6.45, 7) is 7.26. The first-order valence-corrected chi connectivity index (χ1v) is 9.72. The lowest BCUT2D eigenvalue weighted by atomic mass is 9.60. The van der Waals surface area contributed by atoms with E-state index in [0.29, 0.717) is 19.5 Å². The van der Waals surface area contributed by atoms with E-state index < -0.39 is 9.84 Å². The van der Waals surface area contributed by atoms with Gasteiger partial charge in [-0.3, -0.25) is 4.79 Å². The molecule has 1 heterocycles. The Morgan fingerprint density at radius 1 is 1.19 bits per heavy atom. The number of nitrogens with zero attached hydrogens (tertiary/aromatic N) is 1. The number of sulfone groups is 1. The van der Waals surface area contributed by atoms with Crippen molar-refractivity contribution in [3.63, 3.8) is 0 Å². The van der Waals surface area contributed by atoms with E-state index >= 15 is 0 Å². The van der Waals surface area contributed by atoms with Gasteiger partial charge in [-0.15, -0.1) is 0 Å². The van der Waals surface area contributed by atoms with Crippen LogP contribution in [0, 0.1) is 17.3 Å². The summed E-state index contributed by atoms with van der Waals surface area (Å²) in [4.78, 5) is 14.6.